The molecule has 0 N–H and O–H groups in total. The van der Waals surface area contributed by atoms with Crippen LogP contribution < -0.4 is 0 Å². The summed E-state index contributed by atoms with van der Waals surface area (Å²) in [5.74, 6) is 0. The van der Waals surface area contributed by atoms with E-state index in [2.05, 4.69) is 32.4 Å². The molecular weight excluding hydrogens is 96.1 g/mol. The van der Waals surface area contributed by atoms with Crippen LogP contribution in [0.1, 0.15) is 33.1 Å². The molecular formula is C8H15. The van der Waals surface area contributed by atoms with Crippen LogP contribution in [0.25, 0.3) is 0 Å². The van der Waals surface area contributed by atoms with Crippen molar-refractivity contribution in [2.24, 2.45) is 0 Å². The SMILES string of the molecule is C[CH]CC=CCCC. The predicted octanol–water partition coefficient (Wildman–Crippen LogP) is 2.96. The van der Waals surface area contributed by atoms with Gasteiger partial charge in [-0.1, -0.05) is 32.4 Å². The van der Waals surface area contributed by atoms with Gasteiger partial charge in [-0.2, -0.15) is 0 Å². The molecule has 0 aromatic heterocycles. The molecule has 0 bridgehead atoms. The zero-order chi connectivity index (χ0) is 6.24. The molecule has 0 amide bonds. The third-order valence-electron chi connectivity index (χ3n) is 0.994. The molecule has 0 spiro atoms. The quantitative estimate of drug-likeness (QED) is 0.489. The largest absolute Gasteiger partial charge is 0.0885 e. The lowest BCUT2D eigenvalue weighted by Crippen LogP contribution is -1.63. The van der Waals surface area contributed by atoms with Crippen molar-refractivity contribution < 1.29 is 0 Å². The van der Waals surface area contributed by atoms with Crippen molar-refractivity contribution in [3.63, 3.8) is 0 Å². The van der Waals surface area contributed by atoms with E-state index in [0.29, 0.717) is 0 Å². The molecule has 0 heteroatoms. The van der Waals surface area contributed by atoms with E-state index in [1.165, 1.54) is 12.8 Å². The number of allylic oxidation sites excluding steroid dienone is 2. The van der Waals surface area contributed by atoms with E-state index in [1.54, 1.807) is 0 Å². The van der Waals surface area contributed by atoms with Gasteiger partial charge in [0.1, 0.15) is 0 Å². The van der Waals surface area contributed by atoms with Crippen molar-refractivity contribution in [1.82, 2.24) is 0 Å². The Morgan fingerprint density at radius 3 is 2.50 bits per heavy atom. The second-order valence-corrected chi connectivity index (χ2v) is 1.90. The summed E-state index contributed by atoms with van der Waals surface area (Å²) in [6, 6.07) is 0. The van der Waals surface area contributed by atoms with Crippen LogP contribution in [0.15, 0.2) is 12.2 Å². The number of hydrogen-bond acceptors (Lipinski definition) is 0. The van der Waals surface area contributed by atoms with Crippen LogP contribution in [0, 0.1) is 6.42 Å². The first-order valence-corrected chi connectivity index (χ1v) is 3.34. The van der Waals surface area contributed by atoms with Crippen molar-refractivity contribution in [2.45, 2.75) is 33.1 Å². The first-order chi connectivity index (χ1) is 3.91. The summed E-state index contributed by atoms with van der Waals surface area (Å²) in [6.07, 6.45) is 10.2. The van der Waals surface area contributed by atoms with Crippen LogP contribution in [-0.4, -0.2) is 0 Å². The molecule has 0 heterocycles. The summed E-state index contributed by atoms with van der Waals surface area (Å²) in [4.78, 5) is 0. The van der Waals surface area contributed by atoms with Gasteiger partial charge in [0.05, 0.1) is 0 Å². The van der Waals surface area contributed by atoms with E-state index in [0.717, 1.165) is 6.42 Å². The van der Waals surface area contributed by atoms with Gasteiger partial charge in [0, 0.05) is 0 Å². The van der Waals surface area contributed by atoms with E-state index >= 15 is 0 Å². The Kier molecular flexibility index (Phi) is 6.52. The van der Waals surface area contributed by atoms with Gasteiger partial charge in [-0.25, -0.2) is 0 Å². The average Bonchev–Trinajstić information content (AvgIpc) is 1.81. The Hall–Kier alpha value is -0.260. The maximum Gasteiger partial charge on any atom is -0.0322 e. The molecule has 0 fully saturated rings. The van der Waals surface area contributed by atoms with Gasteiger partial charge in [-0.3, -0.25) is 0 Å². The zero-order valence-corrected chi connectivity index (χ0v) is 5.85. The second kappa shape index (κ2) is 6.74. The highest BCUT2D eigenvalue weighted by Crippen LogP contribution is 1.92. The molecule has 0 aliphatic rings. The zero-order valence-electron chi connectivity index (χ0n) is 5.85. The first-order valence-electron chi connectivity index (χ1n) is 3.34. The van der Waals surface area contributed by atoms with E-state index in [9.17, 15) is 0 Å². The van der Waals surface area contributed by atoms with Crippen molar-refractivity contribution in [2.75, 3.05) is 0 Å². The summed E-state index contributed by atoms with van der Waals surface area (Å²) < 4.78 is 0. The van der Waals surface area contributed by atoms with Gasteiger partial charge in [0.2, 0.25) is 0 Å². The van der Waals surface area contributed by atoms with Gasteiger partial charge < -0.3 is 0 Å². The predicted molar refractivity (Wildman–Crippen MR) is 38.6 cm³/mol. The standard InChI is InChI=1S/C8H15/c1-3-5-7-8-6-4-2/h3,7-8H,4-6H2,1-2H3. The van der Waals surface area contributed by atoms with Gasteiger partial charge in [0.25, 0.3) is 0 Å². The molecule has 0 atom stereocenters. The summed E-state index contributed by atoms with van der Waals surface area (Å²) >= 11 is 0. The number of rotatable bonds is 4. The Labute approximate surface area is 52.6 Å². The van der Waals surface area contributed by atoms with Crippen LogP contribution >= 0.6 is 0 Å². The van der Waals surface area contributed by atoms with Crippen LogP contribution in [0.3, 0.4) is 0 Å². The highest BCUT2D eigenvalue weighted by atomic mass is 13.8. The number of hydrogen-bond donors (Lipinski definition) is 0. The molecule has 0 aromatic carbocycles. The minimum absolute atomic E-state index is 1.12. The minimum atomic E-state index is 1.12. The van der Waals surface area contributed by atoms with Gasteiger partial charge >= 0.3 is 0 Å². The lowest BCUT2D eigenvalue weighted by atomic mass is 10.2. The fourth-order valence-electron chi connectivity index (χ4n) is 0.517. The van der Waals surface area contributed by atoms with E-state index in [4.69, 9.17) is 0 Å². The smallest absolute Gasteiger partial charge is 0.0322 e. The molecule has 0 nitrogen and oxygen atoms in total. The molecule has 0 aliphatic carbocycles. The molecule has 47 valence electrons. The average molecular weight is 111 g/mol. The van der Waals surface area contributed by atoms with Gasteiger partial charge in [-0.15, -0.1) is 0 Å². The van der Waals surface area contributed by atoms with E-state index < -0.39 is 0 Å². The van der Waals surface area contributed by atoms with Crippen LogP contribution in [0.4, 0.5) is 0 Å². The summed E-state index contributed by atoms with van der Waals surface area (Å²) in [7, 11) is 0. The molecule has 0 aliphatic heterocycles. The highest BCUT2D eigenvalue weighted by molar-refractivity contribution is 4.84. The Morgan fingerprint density at radius 1 is 1.25 bits per heavy atom. The maximum absolute atomic E-state index is 2.24. The Morgan fingerprint density at radius 2 is 2.00 bits per heavy atom. The Balaban J connectivity index is 2.83. The van der Waals surface area contributed by atoms with Crippen LogP contribution in [0.2, 0.25) is 0 Å². The fourth-order valence-corrected chi connectivity index (χ4v) is 0.517. The normalized spacial score (nSPS) is 10.8. The lowest BCUT2D eigenvalue weighted by molar-refractivity contribution is 0.952. The highest BCUT2D eigenvalue weighted by Gasteiger charge is 1.72. The third kappa shape index (κ3) is 5.74. The molecule has 0 saturated carbocycles. The third-order valence-corrected chi connectivity index (χ3v) is 0.994. The molecule has 8 heavy (non-hydrogen) atoms. The molecule has 0 rings (SSSR count). The molecule has 0 unspecified atom stereocenters. The van der Waals surface area contributed by atoms with Crippen LogP contribution in [-0.2, 0) is 0 Å². The van der Waals surface area contributed by atoms with Crippen molar-refractivity contribution >= 4 is 0 Å². The summed E-state index contributed by atoms with van der Waals surface area (Å²) in [5.41, 5.74) is 0. The molecule has 0 saturated heterocycles. The van der Waals surface area contributed by atoms with E-state index in [-0.39, 0.29) is 0 Å². The van der Waals surface area contributed by atoms with E-state index in [1.807, 2.05) is 0 Å². The minimum Gasteiger partial charge on any atom is -0.0885 e. The second-order valence-electron chi connectivity index (χ2n) is 1.90. The van der Waals surface area contributed by atoms with Crippen molar-refractivity contribution in [3.8, 4) is 0 Å². The summed E-state index contributed by atoms with van der Waals surface area (Å²) in [6.45, 7) is 4.27. The lowest BCUT2D eigenvalue weighted by Gasteiger charge is -1.83. The van der Waals surface area contributed by atoms with Gasteiger partial charge in [-0.05, 0) is 19.3 Å². The summed E-state index contributed by atoms with van der Waals surface area (Å²) in [5, 5.41) is 0. The van der Waals surface area contributed by atoms with Gasteiger partial charge in [0.15, 0.2) is 0 Å². The topological polar surface area (TPSA) is 0 Å². The number of unbranched alkanes of at least 4 members (excludes halogenated alkanes) is 2. The first kappa shape index (κ1) is 7.74. The van der Waals surface area contributed by atoms with Crippen molar-refractivity contribution in [3.05, 3.63) is 18.6 Å². The molecule has 0 aromatic rings. The maximum atomic E-state index is 2.24. The van der Waals surface area contributed by atoms with Crippen LogP contribution in [0.5, 0.6) is 0 Å². The molecule has 1 radical (unpaired) electrons. The fraction of sp³-hybridized carbons (Fsp3) is 0.625. The van der Waals surface area contributed by atoms with Crippen molar-refractivity contribution in [1.29, 1.82) is 0 Å². The Bertz CT molecular complexity index is 45.1. The monoisotopic (exact) mass is 111 g/mol.